The van der Waals surface area contributed by atoms with Gasteiger partial charge in [-0.25, -0.2) is 13.8 Å². The predicted molar refractivity (Wildman–Crippen MR) is 108 cm³/mol. The van der Waals surface area contributed by atoms with Crippen molar-refractivity contribution in [3.05, 3.63) is 17.4 Å². The molecule has 2 fully saturated rings. The summed E-state index contributed by atoms with van der Waals surface area (Å²) in [6.07, 6.45) is 1.60. The number of ether oxygens (including phenoxy) is 2. The van der Waals surface area contributed by atoms with Crippen molar-refractivity contribution >= 4 is 11.4 Å². The molecule has 4 N–H and O–H groups in total. The van der Waals surface area contributed by atoms with Crippen molar-refractivity contribution in [1.29, 1.82) is 0 Å². The second-order valence-corrected chi connectivity index (χ2v) is 8.37. The number of hydrazine groups is 1. The summed E-state index contributed by atoms with van der Waals surface area (Å²) < 4.78 is 40.8. The molecule has 162 valence electrons. The average molecular weight is 411 g/mol. The summed E-state index contributed by atoms with van der Waals surface area (Å²) in [5.41, 5.74) is 8.21. The van der Waals surface area contributed by atoms with E-state index in [9.17, 15) is 4.39 Å². The summed E-state index contributed by atoms with van der Waals surface area (Å²) >= 11 is 0. The highest BCUT2D eigenvalue weighted by atomic mass is 19.1. The molecular formula is C20H31F2N5O2. The SMILES string of the molecule is COCC[C@@H](N)[C@H]1CN(c2c(F)cc3c(c2OC)N(C2CC2)CN(N)C3)C[C@@H]1F. The van der Waals surface area contributed by atoms with Gasteiger partial charge in [0.1, 0.15) is 11.9 Å². The van der Waals surface area contributed by atoms with Crippen molar-refractivity contribution < 1.29 is 18.3 Å². The van der Waals surface area contributed by atoms with Crippen LogP contribution < -0.4 is 26.1 Å². The minimum atomic E-state index is -1.12. The lowest BCUT2D eigenvalue weighted by molar-refractivity contribution is 0.166. The Morgan fingerprint density at radius 2 is 2.00 bits per heavy atom. The van der Waals surface area contributed by atoms with Crippen LogP contribution in [0.3, 0.4) is 0 Å². The Morgan fingerprint density at radius 1 is 1.24 bits per heavy atom. The van der Waals surface area contributed by atoms with Gasteiger partial charge < -0.3 is 25.0 Å². The predicted octanol–water partition coefficient (Wildman–Crippen LogP) is 1.59. The molecule has 0 spiro atoms. The Hall–Kier alpha value is -1.68. The molecule has 0 aromatic heterocycles. The molecule has 9 heteroatoms. The van der Waals surface area contributed by atoms with Gasteiger partial charge in [-0.1, -0.05) is 0 Å². The van der Waals surface area contributed by atoms with Gasteiger partial charge in [-0.2, -0.15) is 0 Å². The number of nitrogens with two attached hydrogens (primary N) is 2. The number of methoxy groups -OCH3 is 2. The number of hydrogen-bond acceptors (Lipinski definition) is 7. The van der Waals surface area contributed by atoms with E-state index in [2.05, 4.69) is 4.90 Å². The van der Waals surface area contributed by atoms with Crippen LogP contribution in [0.1, 0.15) is 24.8 Å². The first-order valence-corrected chi connectivity index (χ1v) is 10.2. The molecule has 1 saturated carbocycles. The lowest BCUT2D eigenvalue weighted by Gasteiger charge is -2.38. The Morgan fingerprint density at radius 3 is 2.66 bits per heavy atom. The number of benzene rings is 1. The Balaban J connectivity index is 1.67. The molecule has 0 radical (unpaired) electrons. The number of fused-ring (bicyclic) bond motifs is 1. The van der Waals surface area contributed by atoms with E-state index in [0.717, 1.165) is 24.1 Å². The van der Waals surface area contributed by atoms with E-state index < -0.39 is 12.0 Å². The maximum absolute atomic E-state index is 15.2. The molecule has 2 aliphatic heterocycles. The molecule has 1 aromatic rings. The summed E-state index contributed by atoms with van der Waals surface area (Å²) in [6, 6.07) is 1.57. The van der Waals surface area contributed by atoms with Crippen molar-refractivity contribution in [2.75, 3.05) is 50.4 Å². The highest BCUT2D eigenvalue weighted by molar-refractivity contribution is 5.78. The molecule has 1 aromatic carbocycles. The second kappa shape index (κ2) is 8.22. The third-order valence-electron chi connectivity index (χ3n) is 6.26. The van der Waals surface area contributed by atoms with E-state index in [0.29, 0.717) is 50.3 Å². The van der Waals surface area contributed by atoms with Crippen molar-refractivity contribution in [2.45, 2.75) is 44.1 Å². The van der Waals surface area contributed by atoms with Gasteiger partial charge in [0, 0.05) is 51.4 Å². The van der Waals surface area contributed by atoms with Gasteiger partial charge in [0.15, 0.2) is 11.6 Å². The van der Waals surface area contributed by atoms with Gasteiger partial charge in [0.25, 0.3) is 0 Å². The number of alkyl halides is 1. The monoisotopic (exact) mass is 411 g/mol. The van der Waals surface area contributed by atoms with Crippen LogP contribution in [0, 0.1) is 11.7 Å². The summed E-state index contributed by atoms with van der Waals surface area (Å²) in [7, 11) is 3.14. The summed E-state index contributed by atoms with van der Waals surface area (Å²) in [5.74, 6) is 5.75. The van der Waals surface area contributed by atoms with Crippen LogP contribution in [-0.2, 0) is 11.3 Å². The van der Waals surface area contributed by atoms with Crippen molar-refractivity contribution in [1.82, 2.24) is 5.01 Å². The topological polar surface area (TPSA) is 80.2 Å². The van der Waals surface area contributed by atoms with Crippen LogP contribution in [0.5, 0.6) is 5.75 Å². The normalized spacial score (nSPS) is 26.0. The van der Waals surface area contributed by atoms with Crippen LogP contribution in [0.2, 0.25) is 0 Å². The largest absolute Gasteiger partial charge is 0.492 e. The molecule has 1 saturated heterocycles. The lowest BCUT2D eigenvalue weighted by Crippen LogP contribution is -2.47. The molecule has 3 atom stereocenters. The van der Waals surface area contributed by atoms with E-state index in [1.54, 1.807) is 24.1 Å². The van der Waals surface area contributed by atoms with Crippen LogP contribution >= 0.6 is 0 Å². The van der Waals surface area contributed by atoms with Crippen LogP contribution in [0.25, 0.3) is 0 Å². The summed E-state index contributed by atoms with van der Waals surface area (Å²) in [4.78, 5) is 3.93. The molecule has 29 heavy (non-hydrogen) atoms. The summed E-state index contributed by atoms with van der Waals surface area (Å²) in [5, 5.41) is 1.68. The van der Waals surface area contributed by atoms with Crippen molar-refractivity contribution in [3.63, 3.8) is 0 Å². The van der Waals surface area contributed by atoms with Gasteiger partial charge in [-0.15, -0.1) is 0 Å². The van der Waals surface area contributed by atoms with Gasteiger partial charge in [0.05, 0.1) is 19.5 Å². The molecule has 0 unspecified atom stereocenters. The zero-order valence-corrected chi connectivity index (χ0v) is 17.1. The molecule has 7 nitrogen and oxygen atoms in total. The fourth-order valence-electron chi connectivity index (χ4n) is 4.64. The average Bonchev–Trinajstić information content (AvgIpc) is 3.46. The molecule has 0 amide bonds. The van der Waals surface area contributed by atoms with E-state index in [-0.39, 0.29) is 18.5 Å². The highest BCUT2D eigenvalue weighted by Crippen LogP contribution is 2.49. The fourth-order valence-corrected chi connectivity index (χ4v) is 4.64. The summed E-state index contributed by atoms with van der Waals surface area (Å²) in [6.45, 7) is 1.94. The van der Waals surface area contributed by atoms with Crippen molar-refractivity contribution in [2.24, 2.45) is 17.5 Å². The first-order valence-electron chi connectivity index (χ1n) is 10.2. The Labute approximate surface area is 170 Å². The minimum absolute atomic E-state index is 0.101. The molecule has 4 rings (SSSR count). The number of hydrogen-bond donors (Lipinski definition) is 2. The quantitative estimate of drug-likeness (QED) is 0.660. The van der Waals surface area contributed by atoms with Crippen LogP contribution in [-0.4, -0.2) is 63.8 Å². The second-order valence-electron chi connectivity index (χ2n) is 8.37. The fraction of sp³-hybridized carbons (Fsp3) is 0.700. The van der Waals surface area contributed by atoms with Gasteiger partial charge in [-0.3, -0.25) is 5.84 Å². The van der Waals surface area contributed by atoms with E-state index in [4.69, 9.17) is 21.1 Å². The van der Waals surface area contributed by atoms with Crippen LogP contribution in [0.15, 0.2) is 6.07 Å². The smallest absolute Gasteiger partial charge is 0.168 e. The van der Waals surface area contributed by atoms with Gasteiger partial charge in [-0.05, 0) is 30.9 Å². The highest BCUT2D eigenvalue weighted by Gasteiger charge is 2.42. The van der Waals surface area contributed by atoms with Crippen molar-refractivity contribution in [3.8, 4) is 5.75 Å². The third kappa shape index (κ3) is 3.88. The zero-order chi connectivity index (χ0) is 20.7. The minimum Gasteiger partial charge on any atom is -0.492 e. The van der Waals surface area contributed by atoms with E-state index >= 15 is 4.39 Å². The van der Waals surface area contributed by atoms with Gasteiger partial charge in [0.2, 0.25) is 0 Å². The maximum Gasteiger partial charge on any atom is 0.168 e. The Kier molecular flexibility index (Phi) is 5.83. The van der Waals surface area contributed by atoms with Crippen LogP contribution in [0.4, 0.5) is 20.2 Å². The number of rotatable bonds is 7. The lowest BCUT2D eigenvalue weighted by atomic mass is 9.96. The van der Waals surface area contributed by atoms with E-state index in [1.165, 1.54) is 6.07 Å². The number of nitrogens with zero attached hydrogens (tertiary/aromatic N) is 3. The maximum atomic E-state index is 15.2. The molecule has 1 aliphatic carbocycles. The molecular weight excluding hydrogens is 380 g/mol. The standard InChI is InChI=1S/C20H31F2N5O2/c1-28-6-5-17(23)14-9-25(10-16(14)22)19-15(21)7-12-8-26(24)11-27(13-3-4-13)18(12)20(19)29-2/h7,13-14,16-17H,3-6,8-11,23-24H2,1-2H3/t14-,16-,17+/m0/s1. The Bertz CT molecular complexity index is 748. The molecule has 2 heterocycles. The molecule has 3 aliphatic rings. The molecule has 0 bridgehead atoms. The zero-order valence-electron chi connectivity index (χ0n) is 17.1. The first-order chi connectivity index (χ1) is 13.9. The van der Waals surface area contributed by atoms with Gasteiger partial charge >= 0.3 is 0 Å². The third-order valence-corrected chi connectivity index (χ3v) is 6.26. The first kappa shape index (κ1) is 20.6. The number of halogens is 2. The van der Waals surface area contributed by atoms with E-state index in [1.807, 2.05) is 0 Å². The number of anilines is 2.